The number of thiazole rings is 1. The van der Waals surface area contributed by atoms with Crippen LogP contribution in [0.2, 0.25) is 0 Å². The second kappa shape index (κ2) is 10.3. The van der Waals surface area contributed by atoms with Crippen LogP contribution < -0.4 is 29.1 Å². The zero-order valence-corrected chi connectivity index (χ0v) is 23.5. The lowest BCUT2D eigenvalue weighted by atomic mass is 10.0. The molecule has 3 N–H and O–H groups in total. The fourth-order valence-electron chi connectivity index (χ4n) is 4.05. The van der Waals surface area contributed by atoms with Gasteiger partial charge in [-0.3, -0.25) is 29.0 Å². The van der Waals surface area contributed by atoms with Gasteiger partial charge >= 0.3 is 11.9 Å². The van der Waals surface area contributed by atoms with E-state index in [2.05, 4.69) is 0 Å². The molecule has 1 aromatic heterocycles. The van der Waals surface area contributed by atoms with Crippen molar-refractivity contribution in [3.63, 3.8) is 0 Å². The highest BCUT2D eigenvalue weighted by Crippen LogP contribution is 2.51. The van der Waals surface area contributed by atoms with Gasteiger partial charge in [0, 0.05) is 17.0 Å². The van der Waals surface area contributed by atoms with Gasteiger partial charge in [-0.1, -0.05) is 25.6 Å². The first-order chi connectivity index (χ1) is 18.5. The van der Waals surface area contributed by atoms with E-state index >= 15 is 0 Å². The first kappa shape index (κ1) is 27.3. The number of benzene rings is 1. The number of carbonyl (C=O) groups excluding carboxylic acids is 1. The highest BCUT2D eigenvalue weighted by Gasteiger charge is 2.34. The SMILES string of the molecule is CC(C)C(/C=C1\Sc2cc3c(cc2N1CC(=O)O)OCO3)=c1\s/c(=C2\SC(=S)N(O)C2=O)n(CC(=O)O)c1=O. The summed E-state index contributed by atoms with van der Waals surface area (Å²) in [6.45, 7) is 2.67. The molecule has 0 bridgehead atoms. The molecular weight excluding hydrogens is 591 g/mol. The maximum Gasteiger partial charge on any atom is 0.323 e. The largest absolute Gasteiger partial charge is 0.480 e. The number of thioether (sulfide) groups is 2. The third-order valence-corrected chi connectivity index (χ3v) is 9.60. The lowest BCUT2D eigenvalue weighted by Crippen LogP contribution is -2.36. The quantitative estimate of drug-likeness (QED) is 0.319. The first-order valence-electron chi connectivity index (χ1n) is 11.2. The first-order valence-corrected chi connectivity index (χ1v) is 14.1. The van der Waals surface area contributed by atoms with Crippen molar-refractivity contribution in [2.75, 3.05) is 18.2 Å². The van der Waals surface area contributed by atoms with E-state index < -0.39 is 29.9 Å². The molecule has 39 heavy (non-hydrogen) atoms. The molecule has 16 heteroatoms. The highest BCUT2D eigenvalue weighted by atomic mass is 32.2. The van der Waals surface area contributed by atoms with E-state index in [1.165, 1.54) is 11.8 Å². The van der Waals surface area contributed by atoms with Gasteiger partial charge in [-0.2, -0.15) is 5.06 Å². The molecule has 1 aromatic carbocycles. The summed E-state index contributed by atoms with van der Waals surface area (Å²) in [4.78, 5) is 51.8. The zero-order chi connectivity index (χ0) is 28.2. The summed E-state index contributed by atoms with van der Waals surface area (Å²) in [6, 6.07) is 3.47. The Kier molecular flexibility index (Phi) is 7.23. The standard InChI is InChI=1S/C23H19N3O9S4/c1-9(2)10(3-15-24(6-16(27)28)11-4-12-13(35-8-34-12)5-14(11)37-15)18-20(31)25(7-17(29)30)22(38-18)19-21(32)26(33)23(36)39-19/h3-5,9,33H,6-8H2,1-2H3,(H,27,28)(H,29,30)/b15-3-,18-10-,22-19-. The van der Waals surface area contributed by atoms with Gasteiger partial charge in [0.15, 0.2) is 15.8 Å². The Morgan fingerprint density at radius 1 is 1.10 bits per heavy atom. The topological polar surface area (TPSA) is 159 Å². The summed E-state index contributed by atoms with van der Waals surface area (Å²) in [5.74, 6) is -2.44. The van der Waals surface area contributed by atoms with Crippen LogP contribution in [0.15, 0.2) is 32.9 Å². The van der Waals surface area contributed by atoms with Crippen molar-refractivity contribution < 1.29 is 39.3 Å². The number of aromatic nitrogens is 1. The molecule has 204 valence electrons. The molecule has 5 rings (SSSR count). The van der Waals surface area contributed by atoms with Gasteiger partial charge < -0.3 is 24.6 Å². The zero-order valence-electron chi connectivity index (χ0n) is 20.2. The molecular formula is C23H19N3O9S4. The molecule has 3 aliphatic heterocycles. The number of allylic oxidation sites excluding steroid dienone is 1. The lowest BCUT2D eigenvalue weighted by Gasteiger charge is -2.19. The predicted molar refractivity (Wildman–Crippen MR) is 147 cm³/mol. The van der Waals surface area contributed by atoms with Crippen LogP contribution in [0.3, 0.4) is 0 Å². The number of anilines is 1. The monoisotopic (exact) mass is 609 g/mol. The van der Waals surface area contributed by atoms with Gasteiger partial charge in [0.05, 0.1) is 15.2 Å². The number of hydroxylamine groups is 2. The fraction of sp³-hybridized carbons (Fsp3) is 0.261. The molecule has 1 fully saturated rings. The molecule has 0 spiro atoms. The third-order valence-electron chi connectivity index (χ3n) is 5.80. The summed E-state index contributed by atoms with van der Waals surface area (Å²) >= 11 is 7.95. The van der Waals surface area contributed by atoms with Crippen molar-refractivity contribution in [3.8, 4) is 11.5 Å². The van der Waals surface area contributed by atoms with Gasteiger partial charge in [0.2, 0.25) is 6.79 Å². The van der Waals surface area contributed by atoms with E-state index in [0.29, 0.717) is 27.8 Å². The molecule has 1 amide bonds. The average Bonchev–Trinajstić information content (AvgIpc) is 3.59. The Morgan fingerprint density at radius 2 is 1.77 bits per heavy atom. The number of fused-ring (bicyclic) bond motifs is 2. The Balaban J connectivity index is 1.74. The predicted octanol–water partition coefficient (Wildman–Crippen LogP) is 1.43. The minimum atomic E-state index is -1.29. The number of amides is 1. The van der Waals surface area contributed by atoms with Crippen LogP contribution in [0.1, 0.15) is 13.8 Å². The smallest absolute Gasteiger partial charge is 0.323 e. The molecule has 0 aliphatic carbocycles. The van der Waals surface area contributed by atoms with Crippen LogP contribution in [0, 0.1) is 5.92 Å². The van der Waals surface area contributed by atoms with E-state index in [0.717, 1.165) is 32.6 Å². The molecule has 12 nitrogen and oxygen atoms in total. The van der Waals surface area contributed by atoms with Gasteiger partial charge in [0.1, 0.15) is 22.7 Å². The highest BCUT2D eigenvalue weighted by molar-refractivity contribution is 8.30. The second-order valence-corrected chi connectivity index (χ2v) is 12.4. The van der Waals surface area contributed by atoms with Crippen molar-refractivity contribution in [1.82, 2.24) is 9.63 Å². The minimum absolute atomic E-state index is 0.0540. The van der Waals surface area contributed by atoms with E-state index in [1.807, 2.05) is 13.8 Å². The Hall–Kier alpha value is -3.31. The number of thiocarbonyl (C=S) groups is 1. The molecule has 0 unspecified atom stereocenters. The van der Waals surface area contributed by atoms with Crippen LogP contribution in [-0.2, 0) is 20.9 Å². The number of carboxylic acids is 2. The van der Waals surface area contributed by atoms with E-state index in [-0.39, 0.29) is 42.7 Å². The number of rotatable bonds is 6. The maximum absolute atomic E-state index is 13.6. The molecule has 1 saturated heterocycles. The lowest BCUT2D eigenvalue weighted by molar-refractivity contribution is -0.140. The Bertz CT molecular complexity index is 1670. The Morgan fingerprint density at radius 3 is 2.36 bits per heavy atom. The van der Waals surface area contributed by atoms with E-state index in [9.17, 15) is 34.6 Å². The number of hydrogen-bond acceptors (Lipinski definition) is 12. The number of carbonyl (C=O) groups is 3. The van der Waals surface area contributed by atoms with Crippen molar-refractivity contribution >= 4 is 85.4 Å². The van der Waals surface area contributed by atoms with Crippen molar-refractivity contribution in [3.05, 3.63) is 42.8 Å². The number of aliphatic carboxylic acids is 2. The summed E-state index contributed by atoms with van der Waals surface area (Å²) in [7, 11) is 0. The van der Waals surface area contributed by atoms with Gasteiger partial charge in [-0.25, -0.2) is 0 Å². The van der Waals surface area contributed by atoms with Crippen LogP contribution in [0.5, 0.6) is 11.5 Å². The molecule has 4 heterocycles. The van der Waals surface area contributed by atoms with Crippen molar-refractivity contribution in [2.24, 2.45) is 5.92 Å². The summed E-state index contributed by atoms with van der Waals surface area (Å²) in [6.07, 6.45) is 1.70. The number of hydrogen-bond donors (Lipinski definition) is 3. The summed E-state index contributed by atoms with van der Waals surface area (Å²) < 4.78 is 12.0. The van der Waals surface area contributed by atoms with E-state index in [4.69, 9.17) is 21.7 Å². The fourth-order valence-corrected chi connectivity index (χ4v) is 7.72. The second-order valence-electron chi connectivity index (χ2n) is 8.68. The number of nitrogens with zero attached hydrogens (tertiary/aromatic N) is 3. The molecule has 0 atom stereocenters. The van der Waals surface area contributed by atoms with Crippen LogP contribution in [0.25, 0.3) is 10.5 Å². The van der Waals surface area contributed by atoms with Crippen LogP contribution in [0.4, 0.5) is 5.69 Å². The van der Waals surface area contributed by atoms with Crippen molar-refractivity contribution in [2.45, 2.75) is 25.3 Å². The minimum Gasteiger partial charge on any atom is -0.480 e. The van der Waals surface area contributed by atoms with Gasteiger partial charge in [-0.15, -0.1) is 11.3 Å². The molecule has 0 radical (unpaired) electrons. The average molecular weight is 610 g/mol. The maximum atomic E-state index is 13.6. The summed E-state index contributed by atoms with van der Waals surface area (Å²) in [5.41, 5.74) is 0.490. The van der Waals surface area contributed by atoms with Gasteiger partial charge in [-0.05, 0) is 41.5 Å². The molecule has 0 saturated carbocycles. The third kappa shape index (κ3) is 4.93. The number of carboxylic acid groups (broad SMARTS) is 2. The van der Waals surface area contributed by atoms with E-state index in [1.54, 1.807) is 23.1 Å². The molecule has 3 aliphatic rings. The normalized spacial score (nSPS) is 19.4. The Labute approximate surface area is 237 Å². The molecule has 2 aromatic rings. The summed E-state index contributed by atoms with van der Waals surface area (Å²) in [5, 5.41) is 29.8. The van der Waals surface area contributed by atoms with Crippen LogP contribution in [-0.4, -0.2) is 60.6 Å². The van der Waals surface area contributed by atoms with Crippen LogP contribution >= 0.6 is 47.1 Å². The van der Waals surface area contributed by atoms with Gasteiger partial charge in [0.25, 0.3) is 11.5 Å². The number of ether oxygens (including phenoxy) is 2. The van der Waals surface area contributed by atoms with Crippen molar-refractivity contribution in [1.29, 1.82) is 0 Å².